The molecule has 0 atom stereocenters. The van der Waals surface area contributed by atoms with E-state index in [2.05, 4.69) is 25.6 Å². The van der Waals surface area contributed by atoms with Crippen LogP contribution in [0.3, 0.4) is 0 Å². The Labute approximate surface area is 102 Å². The van der Waals surface area contributed by atoms with E-state index in [0.29, 0.717) is 0 Å². The minimum absolute atomic E-state index is 0.847. The van der Waals surface area contributed by atoms with E-state index in [1.807, 2.05) is 42.5 Å². The molecule has 86 valence electrons. The van der Waals surface area contributed by atoms with Crippen molar-refractivity contribution in [1.82, 2.24) is 0 Å². The molecule has 0 radical (unpaired) electrons. The smallest absolute Gasteiger partial charge is 0.127 e. The molecular formula is C16H16O. The van der Waals surface area contributed by atoms with Crippen LogP contribution in [-0.2, 0) is 6.42 Å². The molecule has 2 aromatic rings. The zero-order valence-corrected chi connectivity index (χ0v) is 10.0. The SMILES string of the molecule is C=Cc1ccc(Oc2ccc(CC)cc2)cc1. The molecule has 17 heavy (non-hydrogen) atoms. The number of aryl methyl sites for hydroxylation is 1. The number of benzene rings is 2. The largest absolute Gasteiger partial charge is 0.457 e. The highest BCUT2D eigenvalue weighted by atomic mass is 16.5. The van der Waals surface area contributed by atoms with Crippen LogP contribution < -0.4 is 4.74 Å². The third kappa shape index (κ3) is 2.97. The molecule has 2 aromatic carbocycles. The van der Waals surface area contributed by atoms with Gasteiger partial charge < -0.3 is 4.74 Å². The maximum atomic E-state index is 5.74. The van der Waals surface area contributed by atoms with Gasteiger partial charge in [-0.2, -0.15) is 0 Å². The number of rotatable bonds is 4. The zero-order chi connectivity index (χ0) is 12.1. The van der Waals surface area contributed by atoms with Crippen molar-refractivity contribution in [3.05, 3.63) is 66.2 Å². The van der Waals surface area contributed by atoms with Gasteiger partial charge in [0.05, 0.1) is 0 Å². The van der Waals surface area contributed by atoms with Gasteiger partial charge >= 0.3 is 0 Å². The quantitative estimate of drug-likeness (QED) is 0.732. The first-order valence-corrected chi connectivity index (χ1v) is 5.81. The first-order chi connectivity index (χ1) is 8.31. The van der Waals surface area contributed by atoms with Gasteiger partial charge in [0.25, 0.3) is 0 Å². The number of hydrogen-bond donors (Lipinski definition) is 0. The predicted molar refractivity (Wildman–Crippen MR) is 72.4 cm³/mol. The van der Waals surface area contributed by atoms with Gasteiger partial charge in [0.2, 0.25) is 0 Å². The van der Waals surface area contributed by atoms with Gasteiger partial charge in [-0.15, -0.1) is 0 Å². The average molecular weight is 224 g/mol. The molecule has 0 spiro atoms. The lowest BCUT2D eigenvalue weighted by Crippen LogP contribution is -1.85. The van der Waals surface area contributed by atoms with Gasteiger partial charge in [-0.25, -0.2) is 0 Å². The molecule has 0 unspecified atom stereocenters. The van der Waals surface area contributed by atoms with Crippen LogP contribution >= 0.6 is 0 Å². The minimum Gasteiger partial charge on any atom is -0.457 e. The van der Waals surface area contributed by atoms with Crippen molar-refractivity contribution in [2.24, 2.45) is 0 Å². The summed E-state index contributed by atoms with van der Waals surface area (Å²) in [7, 11) is 0. The van der Waals surface area contributed by atoms with Crippen LogP contribution in [0.5, 0.6) is 11.5 Å². The van der Waals surface area contributed by atoms with E-state index in [-0.39, 0.29) is 0 Å². The van der Waals surface area contributed by atoms with Crippen molar-refractivity contribution in [2.75, 3.05) is 0 Å². The second kappa shape index (κ2) is 5.35. The highest BCUT2D eigenvalue weighted by Crippen LogP contribution is 2.22. The van der Waals surface area contributed by atoms with E-state index in [4.69, 9.17) is 4.74 Å². The van der Waals surface area contributed by atoms with Gasteiger partial charge in [0.15, 0.2) is 0 Å². The van der Waals surface area contributed by atoms with Crippen LogP contribution in [0.2, 0.25) is 0 Å². The highest BCUT2D eigenvalue weighted by Gasteiger charge is 1.97. The number of hydrogen-bond acceptors (Lipinski definition) is 1. The summed E-state index contributed by atoms with van der Waals surface area (Å²) in [5.41, 5.74) is 2.41. The molecule has 0 amide bonds. The molecule has 0 N–H and O–H groups in total. The molecule has 1 nitrogen and oxygen atoms in total. The van der Waals surface area contributed by atoms with E-state index >= 15 is 0 Å². The average Bonchev–Trinajstić information content (AvgIpc) is 2.40. The summed E-state index contributed by atoms with van der Waals surface area (Å²) in [6.45, 7) is 5.87. The molecule has 1 heteroatoms. The van der Waals surface area contributed by atoms with Gasteiger partial charge in [-0.05, 0) is 41.8 Å². The molecule has 0 bridgehead atoms. The van der Waals surface area contributed by atoms with Crippen molar-refractivity contribution in [3.8, 4) is 11.5 Å². The van der Waals surface area contributed by atoms with Crippen molar-refractivity contribution in [2.45, 2.75) is 13.3 Å². The fourth-order valence-electron chi connectivity index (χ4n) is 1.60. The Bertz CT molecular complexity index is 480. The molecule has 0 saturated carbocycles. The summed E-state index contributed by atoms with van der Waals surface area (Å²) in [5.74, 6) is 1.72. The zero-order valence-electron chi connectivity index (χ0n) is 10.0. The van der Waals surface area contributed by atoms with Gasteiger partial charge in [0.1, 0.15) is 11.5 Å². The Morgan fingerprint density at radius 3 is 1.94 bits per heavy atom. The van der Waals surface area contributed by atoms with Crippen LogP contribution in [0.25, 0.3) is 6.08 Å². The first kappa shape index (κ1) is 11.5. The summed E-state index contributed by atoms with van der Waals surface area (Å²) >= 11 is 0. The Hall–Kier alpha value is -2.02. The molecule has 2 rings (SSSR count). The van der Waals surface area contributed by atoms with E-state index in [0.717, 1.165) is 23.5 Å². The molecule has 0 aliphatic rings. The Morgan fingerprint density at radius 1 is 0.941 bits per heavy atom. The van der Waals surface area contributed by atoms with Crippen molar-refractivity contribution < 1.29 is 4.74 Å². The topological polar surface area (TPSA) is 9.23 Å². The third-order valence-electron chi connectivity index (χ3n) is 2.68. The summed E-state index contributed by atoms with van der Waals surface area (Å²) in [5, 5.41) is 0. The molecule has 0 fully saturated rings. The van der Waals surface area contributed by atoms with Gasteiger partial charge in [-0.3, -0.25) is 0 Å². The first-order valence-electron chi connectivity index (χ1n) is 5.81. The standard InChI is InChI=1S/C16H16O/c1-3-13-5-9-15(10-6-13)17-16-11-7-14(4-2)8-12-16/h3,5-12H,1,4H2,2H3. The lowest BCUT2D eigenvalue weighted by atomic mass is 10.2. The fourth-order valence-corrected chi connectivity index (χ4v) is 1.60. The van der Waals surface area contributed by atoms with E-state index in [9.17, 15) is 0 Å². The number of ether oxygens (including phenoxy) is 1. The maximum absolute atomic E-state index is 5.74. The van der Waals surface area contributed by atoms with E-state index in [1.54, 1.807) is 0 Å². The van der Waals surface area contributed by atoms with Gasteiger partial charge in [-0.1, -0.05) is 43.8 Å². The summed E-state index contributed by atoms with van der Waals surface area (Å²) in [6, 6.07) is 16.1. The van der Waals surface area contributed by atoms with E-state index in [1.165, 1.54) is 5.56 Å². The second-order valence-electron chi connectivity index (χ2n) is 3.87. The molecule has 0 aromatic heterocycles. The molecule has 0 saturated heterocycles. The Balaban J connectivity index is 2.10. The molecule has 0 heterocycles. The Morgan fingerprint density at radius 2 is 1.47 bits per heavy atom. The predicted octanol–water partition coefficient (Wildman–Crippen LogP) is 4.68. The summed E-state index contributed by atoms with van der Waals surface area (Å²) in [6.07, 6.45) is 2.87. The summed E-state index contributed by atoms with van der Waals surface area (Å²) < 4.78 is 5.74. The van der Waals surface area contributed by atoms with Crippen LogP contribution in [0.4, 0.5) is 0 Å². The minimum atomic E-state index is 0.847. The van der Waals surface area contributed by atoms with Crippen LogP contribution in [0, 0.1) is 0 Å². The second-order valence-corrected chi connectivity index (χ2v) is 3.87. The third-order valence-corrected chi connectivity index (χ3v) is 2.68. The maximum Gasteiger partial charge on any atom is 0.127 e. The van der Waals surface area contributed by atoms with Crippen LogP contribution in [0.15, 0.2) is 55.1 Å². The van der Waals surface area contributed by atoms with E-state index < -0.39 is 0 Å². The fraction of sp³-hybridized carbons (Fsp3) is 0.125. The van der Waals surface area contributed by atoms with Crippen molar-refractivity contribution in [3.63, 3.8) is 0 Å². The lowest BCUT2D eigenvalue weighted by Gasteiger charge is -2.06. The monoisotopic (exact) mass is 224 g/mol. The highest BCUT2D eigenvalue weighted by molar-refractivity contribution is 5.48. The lowest BCUT2D eigenvalue weighted by molar-refractivity contribution is 0.482. The van der Waals surface area contributed by atoms with Gasteiger partial charge in [0, 0.05) is 0 Å². The van der Waals surface area contributed by atoms with Crippen molar-refractivity contribution >= 4 is 6.08 Å². The van der Waals surface area contributed by atoms with Crippen LogP contribution in [-0.4, -0.2) is 0 Å². The van der Waals surface area contributed by atoms with Crippen LogP contribution in [0.1, 0.15) is 18.1 Å². The molecule has 0 aliphatic heterocycles. The molecule has 0 aliphatic carbocycles. The normalized spacial score (nSPS) is 9.94. The molecular weight excluding hydrogens is 208 g/mol. The van der Waals surface area contributed by atoms with Crippen molar-refractivity contribution in [1.29, 1.82) is 0 Å². The summed E-state index contributed by atoms with van der Waals surface area (Å²) in [4.78, 5) is 0. The Kier molecular flexibility index (Phi) is 3.61.